The molecule has 0 aliphatic rings. The molecule has 0 amide bonds. The molecule has 3 N–H and O–H groups in total. The SMILES string of the molecule is Cc1ncsc1C(Cc1cccc(C(F)(F)F)c1)NN. The van der Waals surface area contributed by atoms with Crippen LogP contribution in [0.15, 0.2) is 29.8 Å². The molecule has 0 aliphatic carbocycles. The third-order valence-corrected chi connectivity index (χ3v) is 4.04. The van der Waals surface area contributed by atoms with Gasteiger partial charge in [0.05, 0.1) is 22.8 Å². The Labute approximate surface area is 118 Å². The predicted molar refractivity (Wildman–Crippen MR) is 72.1 cm³/mol. The van der Waals surface area contributed by atoms with Gasteiger partial charge in [0.15, 0.2) is 0 Å². The second kappa shape index (κ2) is 5.90. The van der Waals surface area contributed by atoms with Crippen LogP contribution in [0.4, 0.5) is 13.2 Å². The van der Waals surface area contributed by atoms with E-state index in [1.807, 2.05) is 6.92 Å². The molecule has 3 nitrogen and oxygen atoms in total. The molecule has 0 fully saturated rings. The lowest BCUT2D eigenvalue weighted by atomic mass is 10.0. The topological polar surface area (TPSA) is 50.9 Å². The maximum atomic E-state index is 12.7. The van der Waals surface area contributed by atoms with Gasteiger partial charge in [0.25, 0.3) is 0 Å². The van der Waals surface area contributed by atoms with Crippen LogP contribution < -0.4 is 11.3 Å². The van der Waals surface area contributed by atoms with Crippen molar-refractivity contribution in [1.29, 1.82) is 0 Å². The highest BCUT2D eigenvalue weighted by Gasteiger charge is 2.30. The Morgan fingerprint density at radius 3 is 2.70 bits per heavy atom. The number of benzene rings is 1. The minimum Gasteiger partial charge on any atom is -0.271 e. The van der Waals surface area contributed by atoms with Crippen LogP contribution in [0.25, 0.3) is 0 Å². The summed E-state index contributed by atoms with van der Waals surface area (Å²) in [6.45, 7) is 1.85. The second-order valence-electron chi connectivity index (χ2n) is 4.42. The summed E-state index contributed by atoms with van der Waals surface area (Å²) in [4.78, 5) is 5.06. The smallest absolute Gasteiger partial charge is 0.271 e. The van der Waals surface area contributed by atoms with Crippen LogP contribution in [0.3, 0.4) is 0 Å². The van der Waals surface area contributed by atoms with Crippen molar-refractivity contribution in [2.45, 2.75) is 25.6 Å². The Bertz CT molecular complexity index is 580. The van der Waals surface area contributed by atoms with E-state index in [9.17, 15) is 13.2 Å². The van der Waals surface area contributed by atoms with Crippen LogP contribution >= 0.6 is 11.3 Å². The van der Waals surface area contributed by atoms with Crippen LogP contribution in [0.1, 0.15) is 27.7 Å². The average Bonchev–Trinajstić information content (AvgIpc) is 2.81. The maximum absolute atomic E-state index is 12.7. The predicted octanol–water partition coefficient (Wildman–Crippen LogP) is 3.22. The Morgan fingerprint density at radius 2 is 2.15 bits per heavy atom. The van der Waals surface area contributed by atoms with Gasteiger partial charge in [0, 0.05) is 4.88 Å². The molecule has 1 heterocycles. The van der Waals surface area contributed by atoms with E-state index in [2.05, 4.69) is 10.4 Å². The number of alkyl halides is 3. The van der Waals surface area contributed by atoms with E-state index in [1.54, 1.807) is 11.6 Å². The Kier molecular flexibility index (Phi) is 4.42. The maximum Gasteiger partial charge on any atom is 0.416 e. The summed E-state index contributed by atoms with van der Waals surface area (Å²) in [5, 5.41) is 0. The fraction of sp³-hybridized carbons (Fsp3) is 0.308. The van der Waals surface area contributed by atoms with E-state index in [0.29, 0.717) is 12.0 Å². The Balaban J connectivity index is 2.23. The molecule has 2 rings (SSSR count). The largest absolute Gasteiger partial charge is 0.416 e. The van der Waals surface area contributed by atoms with Gasteiger partial charge >= 0.3 is 6.18 Å². The van der Waals surface area contributed by atoms with Gasteiger partial charge in [-0.2, -0.15) is 13.2 Å². The Morgan fingerprint density at radius 1 is 1.40 bits per heavy atom. The molecule has 1 unspecified atom stereocenters. The molecule has 1 aromatic carbocycles. The number of hydrazine groups is 1. The number of hydrogen-bond donors (Lipinski definition) is 2. The Hall–Kier alpha value is -1.44. The summed E-state index contributed by atoms with van der Waals surface area (Å²) in [6, 6.07) is 5.04. The molecule has 2 aromatic rings. The molecule has 0 aliphatic heterocycles. The van der Waals surface area contributed by atoms with E-state index in [-0.39, 0.29) is 6.04 Å². The molecule has 0 spiro atoms. The summed E-state index contributed by atoms with van der Waals surface area (Å²) in [5.41, 5.74) is 5.11. The van der Waals surface area contributed by atoms with Gasteiger partial charge < -0.3 is 0 Å². The van der Waals surface area contributed by atoms with Crippen LogP contribution in [-0.2, 0) is 12.6 Å². The summed E-state index contributed by atoms with van der Waals surface area (Å²) < 4.78 is 38.0. The van der Waals surface area contributed by atoms with Gasteiger partial charge in [-0.15, -0.1) is 11.3 Å². The first-order valence-corrected chi connectivity index (χ1v) is 6.82. The van der Waals surface area contributed by atoms with E-state index in [4.69, 9.17) is 5.84 Å². The fourth-order valence-electron chi connectivity index (χ4n) is 1.98. The molecule has 0 saturated heterocycles. The lowest BCUT2D eigenvalue weighted by Gasteiger charge is -2.16. The first kappa shape index (κ1) is 15.0. The summed E-state index contributed by atoms with van der Waals surface area (Å²) in [5.74, 6) is 5.51. The lowest BCUT2D eigenvalue weighted by molar-refractivity contribution is -0.137. The van der Waals surface area contributed by atoms with Gasteiger partial charge in [-0.3, -0.25) is 11.3 Å². The number of nitrogens with zero attached hydrogens (tertiary/aromatic N) is 1. The van der Waals surface area contributed by atoms with Gasteiger partial charge in [-0.25, -0.2) is 4.98 Å². The number of aromatic nitrogens is 1. The van der Waals surface area contributed by atoms with E-state index < -0.39 is 11.7 Å². The number of aryl methyl sites for hydroxylation is 1. The van der Waals surface area contributed by atoms with Crippen molar-refractivity contribution >= 4 is 11.3 Å². The highest BCUT2D eigenvalue weighted by Crippen LogP contribution is 2.31. The highest BCUT2D eigenvalue weighted by molar-refractivity contribution is 7.09. The number of halogens is 3. The van der Waals surface area contributed by atoms with Crippen LogP contribution in [-0.4, -0.2) is 4.98 Å². The summed E-state index contributed by atoms with van der Waals surface area (Å²) in [6.07, 6.45) is -3.95. The minimum atomic E-state index is -4.33. The zero-order chi connectivity index (χ0) is 14.8. The zero-order valence-electron chi connectivity index (χ0n) is 10.7. The molecular formula is C13H14F3N3S. The number of hydrogen-bond acceptors (Lipinski definition) is 4. The van der Waals surface area contributed by atoms with E-state index >= 15 is 0 Å². The number of nitrogens with two attached hydrogens (primary N) is 1. The third kappa shape index (κ3) is 3.36. The van der Waals surface area contributed by atoms with Gasteiger partial charge in [0.2, 0.25) is 0 Å². The van der Waals surface area contributed by atoms with E-state index in [1.165, 1.54) is 17.4 Å². The number of nitrogens with one attached hydrogen (secondary N) is 1. The van der Waals surface area contributed by atoms with Crippen molar-refractivity contribution in [1.82, 2.24) is 10.4 Å². The number of rotatable bonds is 4. The minimum absolute atomic E-state index is 0.244. The monoisotopic (exact) mass is 301 g/mol. The van der Waals surface area contributed by atoms with Crippen molar-refractivity contribution < 1.29 is 13.2 Å². The highest BCUT2D eigenvalue weighted by atomic mass is 32.1. The molecule has 1 aromatic heterocycles. The summed E-state index contributed by atoms with van der Waals surface area (Å²) >= 11 is 1.44. The van der Waals surface area contributed by atoms with Crippen molar-refractivity contribution in [3.05, 3.63) is 51.5 Å². The normalized spacial score (nSPS) is 13.4. The summed E-state index contributed by atoms with van der Waals surface area (Å²) in [7, 11) is 0. The molecule has 108 valence electrons. The number of thiazole rings is 1. The first-order valence-electron chi connectivity index (χ1n) is 5.94. The zero-order valence-corrected chi connectivity index (χ0v) is 11.6. The van der Waals surface area contributed by atoms with Crippen LogP contribution in [0.2, 0.25) is 0 Å². The average molecular weight is 301 g/mol. The fourth-order valence-corrected chi connectivity index (χ4v) is 2.85. The molecule has 1 atom stereocenters. The van der Waals surface area contributed by atoms with Crippen molar-refractivity contribution in [3.63, 3.8) is 0 Å². The quantitative estimate of drug-likeness (QED) is 0.673. The van der Waals surface area contributed by atoms with Gasteiger partial charge in [-0.05, 0) is 25.0 Å². The van der Waals surface area contributed by atoms with E-state index in [0.717, 1.165) is 22.7 Å². The standard InChI is InChI=1S/C13H14F3N3S/c1-8-12(20-7-18-8)11(19-17)6-9-3-2-4-10(5-9)13(14,15)16/h2-5,7,11,19H,6,17H2,1H3. The van der Waals surface area contributed by atoms with Crippen LogP contribution in [0.5, 0.6) is 0 Å². The van der Waals surface area contributed by atoms with Crippen molar-refractivity contribution in [2.24, 2.45) is 5.84 Å². The molecule has 0 saturated carbocycles. The first-order chi connectivity index (χ1) is 9.41. The lowest BCUT2D eigenvalue weighted by Crippen LogP contribution is -2.29. The molecule has 0 bridgehead atoms. The van der Waals surface area contributed by atoms with Crippen molar-refractivity contribution in [3.8, 4) is 0 Å². The third-order valence-electron chi connectivity index (χ3n) is 2.99. The van der Waals surface area contributed by atoms with Crippen LogP contribution in [0, 0.1) is 6.92 Å². The molecule has 7 heteroatoms. The second-order valence-corrected chi connectivity index (χ2v) is 5.31. The molecule has 20 heavy (non-hydrogen) atoms. The molecule has 0 radical (unpaired) electrons. The van der Waals surface area contributed by atoms with Gasteiger partial charge in [0.1, 0.15) is 0 Å². The van der Waals surface area contributed by atoms with Gasteiger partial charge in [-0.1, -0.05) is 18.2 Å². The molecular weight excluding hydrogens is 287 g/mol. The van der Waals surface area contributed by atoms with Crippen molar-refractivity contribution in [2.75, 3.05) is 0 Å².